The van der Waals surface area contributed by atoms with Crippen LogP contribution in [0, 0.1) is 0 Å². The Morgan fingerprint density at radius 2 is 2.31 bits per heavy atom. The van der Waals surface area contributed by atoms with Crippen molar-refractivity contribution in [3.8, 4) is 0 Å². The molecule has 0 fully saturated rings. The van der Waals surface area contributed by atoms with Crippen LogP contribution in [0.25, 0.3) is 0 Å². The van der Waals surface area contributed by atoms with Gasteiger partial charge in [0.1, 0.15) is 0 Å². The lowest BCUT2D eigenvalue weighted by Crippen LogP contribution is -2.45. The Balaban J connectivity index is 2.21. The summed E-state index contributed by atoms with van der Waals surface area (Å²) in [5.74, 6) is 0. The van der Waals surface area contributed by atoms with Gasteiger partial charge in [0.25, 0.3) is 0 Å². The first-order valence-electron chi connectivity index (χ1n) is 4.41. The molecule has 4 heteroatoms. The van der Waals surface area contributed by atoms with Gasteiger partial charge >= 0.3 is 0 Å². The van der Waals surface area contributed by atoms with E-state index in [-0.39, 0.29) is 5.54 Å². The SMILES string of the molecule is CNC(C)(C)CNCc1cncs1. The van der Waals surface area contributed by atoms with Crippen molar-refractivity contribution in [3.05, 3.63) is 16.6 Å². The van der Waals surface area contributed by atoms with Crippen LogP contribution in [0.3, 0.4) is 0 Å². The molecular formula is C9H17N3S. The van der Waals surface area contributed by atoms with Crippen LogP contribution in [0.4, 0.5) is 0 Å². The third-order valence-corrected chi connectivity index (χ3v) is 2.81. The van der Waals surface area contributed by atoms with E-state index in [9.17, 15) is 0 Å². The largest absolute Gasteiger partial charge is 0.314 e. The summed E-state index contributed by atoms with van der Waals surface area (Å²) in [6.07, 6.45) is 1.91. The number of rotatable bonds is 5. The van der Waals surface area contributed by atoms with E-state index in [1.807, 2.05) is 18.8 Å². The molecule has 0 aliphatic carbocycles. The van der Waals surface area contributed by atoms with Crippen LogP contribution in [-0.2, 0) is 6.54 Å². The van der Waals surface area contributed by atoms with Crippen molar-refractivity contribution in [2.24, 2.45) is 0 Å². The lowest BCUT2D eigenvalue weighted by Gasteiger charge is -2.24. The van der Waals surface area contributed by atoms with Crippen LogP contribution in [0.5, 0.6) is 0 Å². The molecule has 0 aromatic carbocycles. The Bertz CT molecular complexity index is 231. The zero-order chi connectivity index (χ0) is 9.73. The number of thiazole rings is 1. The van der Waals surface area contributed by atoms with Gasteiger partial charge in [-0.2, -0.15) is 0 Å². The Morgan fingerprint density at radius 3 is 2.85 bits per heavy atom. The zero-order valence-corrected chi connectivity index (χ0v) is 9.24. The summed E-state index contributed by atoms with van der Waals surface area (Å²) < 4.78 is 0. The average Bonchev–Trinajstić information content (AvgIpc) is 2.57. The van der Waals surface area contributed by atoms with Gasteiger partial charge in [-0.15, -0.1) is 11.3 Å². The quantitative estimate of drug-likeness (QED) is 0.749. The summed E-state index contributed by atoms with van der Waals surface area (Å²) in [7, 11) is 1.98. The fourth-order valence-corrected chi connectivity index (χ4v) is 1.48. The molecule has 1 aromatic heterocycles. The van der Waals surface area contributed by atoms with Crippen LogP contribution in [0.15, 0.2) is 11.7 Å². The number of aromatic nitrogens is 1. The molecule has 3 nitrogen and oxygen atoms in total. The normalized spacial score (nSPS) is 11.9. The van der Waals surface area contributed by atoms with Gasteiger partial charge in [-0.1, -0.05) is 0 Å². The van der Waals surface area contributed by atoms with Gasteiger partial charge in [-0.05, 0) is 20.9 Å². The molecule has 13 heavy (non-hydrogen) atoms. The third-order valence-electron chi connectivity index (χ3n) is 2.03. The van der Waals surface area contributed by atoms with E-state index < -0.39 is 0 Å². The molecule has 2 N–H and O–H groups in total. The summed E-state index contributed by atoms with van der Waals surface area (Å²) in [5, 5.41) is 6.63. The molecular weight excluding hydrogens is 182 g/mol. The molecule has 0 saturated carbocycles. The maximum absolute atomic E-state index is 4.02. The summed E-state index contributed by atoms with van der Waals surface area (Å²) in [4.78, 5) is 5.30. The van der Waals surface area contributed by atoms with Gasteiger partial charge in [0, 0.05) is 29.7 Å². The number of nitrogens with one attached hydrogen (secondary N) is 2. The van der Waals surface area contributed by atoms with Crippen LogP contribution >= 0.6 is 11.3 Å². The molecule has 0 atom stereocenters. The maximum atomic E-state index is 4.02. The molecule has 0 bridgehead atoms. The molecule has 1 rings (SSSR count). The molecule has 1 aromatic rings. The standard InChI is InChI=1S/C9H17N3S/c1-9(2,10-3)6-11-4-8-5-12-7-13-8/h5,7,10-11H,4,6H2,1-3H3. The molecule has 74 valence electrons. The van der Waals surface area contributed by atoms with E-state index in [1.165, 1.54) is 4.88 Å². The third kappa shape index (κ3) is 3.85. The van der Waals surface area contributed by atoms with Gasteiger partial charge in [-0.25, -0.2) is 0 Å². The molecule has 0 aliphatic rings. The highest BCUT2D eigenvalue weighted by Crippen LogP contribution is 2.05. The molecule has 0 aliphatic heterocycles. The first-order valence-corrected chi connectivity index (χ1v) is 5.29. The van der Waals surface area contributed by atoms with Crippen LogP contribution < -0.4 is 10.6 Å². The molecule has 1 heterocycles. The molecule has 0 saturated heterocycles. The van der Waals surface area contributed by atoms with Gasteiger partial charge in [0.15, 0.2) is 0 Å². The van der Waals surface area contributed by atoms with Crippen molar-refractivity contribution in [1.82, 2.24) is 15.6 Å². The van der Waals surface area contributed by atoms with Gasteiger partial charge in [0.05, 0.1) is 5.51 Å². The minimum absolute atomic E-state index is 0.157. The van der Waals surface area contributed by atoms with Crippen LogP contribution in [-0.4, -0.2) is 24.1 Å². The van der Waals surface area contributed by atoms with E-state index in [1.54, 1.807) is 11.3 Å². The summed E-state index contributed by atoms with van der Waals surface area (Å²) in [6.45, 7) is 6.22. The second kappa shape index (κ2) is 4.69. The Morgan fingerprint density at radius 1 is 1.54 bits per heavy atom. The average molecular weight is 199 g/mol. The minimum atomic E-state index is 0.157. The molecule has 0 spiro atoms. The van der Waals surface area contributed by atoms with E-state index in [4.69, 9.17) is 0 Å². The molecule has 0 amide bonds. The van der Waals surface area contributed by atoms with E-state index >= 15 is 0 Å². The number of likely N-dealkylation sites (N-methyl/N-ethyl adjacent to an activating group) is 1. The van der Waals surface area contributed by atoms with Crippen molar-refractivity contribution in [2.75, 3.05) is 13.6 Å². The van der Waals surface area contributed by atoms with Gasteiger partial charge in [0.2, 0.25) is 0 Å². The predicted octanol–water partition coefficient (Wildman–Crippen LogP) is 1.23. The Kier molecular flexibility index (Phi) is 3.84. The highest BCUT2D eigenvalue weighted by atomic mass is 32.1. The fraction of sp³-hybridized carbons (Fsp3) is 0.667. The highest BCUT2D eigenvalue weighted by molar-refractivity contribution is 7.09. The highest BCUT2D eigenvalue weighted by Gasteiger charge is 2.13. The van der Waals surface area contributed by atoms with Crippen LogP contribution in [0.2, 0.25) is 0 Å². The molecule has 0 unspecified atom stereocenters. The van der Waals surface area contributed by atoms with Crippen molar-refractivity contribution in [1.29, 1.82) is 0 Å². The Hall–Kier alpha value is -0.450. The first-order chi connectivity index (χ1) is 6.14. The molecule has 0 radical (unpaired) electrons. The topological polar surface area (TPSA) is 37.0 Å². The summed E-state index contributed by atoms with van der Waals surface area (Å²) in [6, 6.07) is 0. The maximum Gasteiger partial charge on any atom is 0.0794 e. The van der Waals surface area contributed by atoms with Crippen molar-refractivity contribution < 1.29 is 0 Å². The van der Waals surface area contributed by atoms with Crippen LogP contribution in [0.1, 0.15) is 18.7 Å². The van der Waals surface area contributed by atoms with E-state index in [2.05, 4.69) is 29.5 Å². The van der Waals surface area contributed by atoms with Crippen molar-refractivity contribution >= 4 is 11.3 Å². The summed E-state index contributed by atoms with van der Waals surface area (Å²) >= 11 is 1.69. The fourth-order valence-electron chi connectivity index (χ4n) is 0.916. The second-order valence-electron chi connectivity index (χ2n) is 3.71. The minimum Gasteiger partial charge on any atom is -0.314 e. The monoisotopic (exact) mass is 199 g/mol. The zero-order valence-electron chi connectivity index (χ0n) is 8.42. The number of hydrogen-bond acceptors (Lipinski definition) is 4. The second-order valence-corrected chi connectivity index (χ2v) is 4.68. The first kappa shape index (κ1) is 10.6. The smallest absolute Gasteiger partial charge is 0.0794 e. The lowest BCUT2D eigenvalue weighted by atomic mass is 10.1. The van der Waals surface area contributed by atoms with Crippen molar-refractivity contribution in [3.63, 3.8) is 0 Å². The Labute approximate surface area is 83.6 Å². The van der Waals surface area contributed by atoms with E-state index in [0.717, 1.165) is 13.1 Å². The van der Waals surface area contributed by atoms with E-state index in [0.29, 0.717) is 0 Å². The number of hydrogen-bond donors (Lipinski definition) is 2. The predicted molar refractivity (Wildman–Crippen MR) is 57.0 cm³/mol. The van der Waals surface area contributed by atoms with Gasteiger partial charge in [-0.3, -0.25) is 4.98 Å². The van der Waals surface area contributed by atoms with Gasteiger partial charge < -0.3 is 10.6 Å². The van der Waals surface area contributed by atoms with Crippen molar-refractivity contribution in [2.45, 2.75) is 25.9 Å². The number of nitrogens with zero attached hydrogens (tertiary/aromatic N) is 1. The summed E-state index contributed by atoms with van der Waals surface area (Å²) in [5.41, 5.74) is 2.02. The lowest BCUT2D eigenvalue weighted by molar-refractivity contribution is 0.394.